The molecule has 0 spiro atoms. The van der Waals surface area contributed by atoms with Crippen molar-refractivity contribution in [1.29, 1.82) is 0 Å². The fraction of sp³-hybridized carbons (Fsp3) is 1.00. The Morgan fingerprint density at radius 3 is 2.54 bits per heavy atom. The van der Waals surface area contributed by atoms with Crippen molar-refractivity contribution in [3.05, 3.63) is 0 Å². The molecule has 0 bridgehead atoms. The van der Waals surface area contributed by atoms with Crippen LogP contribution in [0.15, 0.2) is 0 Å². The molecule has 76 valence electrons. The van der Waals surface area contributed by atoms with Crippen LogP contribution in [0.1, 0.15) is 39.5 Å². The molecule has 2 fully saturated rings. The smallest absolute Gasteiger partial charge is 0.0570 e. The van der Waals surface area contributed by atoms with Gasteiger partial charge in [0.05, 0.1) is 6.10 Å². The van der Waals surface area contributed by atoms with Crippen molar-refractivity contribution in [2.24, 2.45) is 5.41 Å². The zero-order chi connectivity index (χ0) is 9.47. The SMILES string of the molecule is CC1(C)CCCN(C2CC(O)C2)C1. The third-order valence-electron chi connectivity index (χ3n) is 3.53. The van der Waals surface area contributed by atoms with E-state index in [2.05, 4.69) is 18.7 Å². The minimum atomic E-state index is -0.00459. The lowest BCUT2D eigenvalue weighted by Crippen LogP contribution is -2.52. The van der Waals surface area contributed by atoms with Crippen LogP contribution < -0.4 is 0 Å². The average molecular weight is 183 g/mol. The zero-order valence-electron chi connectivity index (χ0n) is 8.79. The summed E-state index contributed by atoms with van der Waals surface area (Å²) < 4.78 is 0. The van der Waals surface area contributed by atoms with E-state index in [0.29, 0.717) is 11.5 Å². The molecule has 1 aliphatic carbocycles. The molecule has 0 aromatic carbocycles. The molecule has 2 rings (SSSR count). The van der Waals surface area contributed by atoms with Gasteiger partial charge in [0.2, 0.25) is 0 Å². The Morgan fingerprint density at radius 1 is 1.31 bits per heavy atom. The van der Waals surface area contributed by atoms with Gasteiger partial charge in [-0.05, 0) is 37.6 Å². The van der Waals surface area contributed by atoms with Gasteiger partial charge in [-0.25, -0.2) is 0 Å². The molecule has 2 nitrogen and oxygen atoms in total. The van der Waals surface area contributed by atoms with Crippen LogP contribution in [0.2, 0.25) is 0 Å². The van der Waals surface area contributed by atoms with E-state index < -0.39 is 0 Å². The molecule has 0 atom stereocenters. The molecule has 1 saturated heterocycles. The van der Waals surface area contributed by atoms with Gasteiger partial charge >= 0.3 is 0 Å². The van der Waals surface area contributed by atoms with Gasteiger partial charge in [-0.1, -0.05) is 13.8 Å². The zero-order valence-corrected chi connectivity index (χ0v) is 8.79. The van der Waals surface area contributed by atoms with Crippen molar-refractivity contribution in [1.82, 2.24) is 4.90 Å². The third kappa shape index (κ3) is 2.05. The average Bonchev–Trinajstić information content (AvgIpc) is 1.97. The van der Waals surface area contributed by atoms with Gasteiger partial charge in [0.25, 0.3) is 0 Å². The highest BCUT2D eigenvalue weighted by Gasteiger charge is 2.36. The largest absolute Gasteiger partial charge is 0.393 e. The summed E-state index contributed by atoms with van der Waals surface area (Å²) in [4.78, 5) is 2.58. The predicted octanol–water partition coefficient (Wildman–Crippen LogP) is 1.63. The highest BCUT2D eigenvalue weighted by molar-refractivity contribution is 4.91. The lowest BCUT2D eigenvalue weighted by molar-refractivity contribution is -0.0274. The van der Waals surface area contributed by atoms with Gasteiger partial charge in [0.1, 0.15) is 0 Å². The van der Waals surface area contributed by atoms with Crippen LogP contribution in [0, 0.1) is 5.41 Å². The van der Waals surface area contributed by atoms with Gasteiger partial charge in [0.15, 0.2) is 0 Å². The maximum atomic E-state index is 9.25. The number of rotatable bonds is 1. The minimum Gasteiger partial charge on any atom is -0.393 e. The van der Waals surface area contributed by atoms with Crippen LogP contribution in [-0.4, -0.2) is 35.2 Å². The fourth-order valence-electron chi connectivity index (χ4n) is 2.64. The Kier molecular flexibility index (Phi) is 2.37. The Hall–Kier alpha value is -0.0800. The van der Waals surface area contributed by atoms with E-state index in [1.807, 2.05) is 0 Å². The first kappa shape index (κ1) is 9.47. The molecule has 1 saturated carbocycles. The molecule has 0 radical (unpaired) electrons. The Morgan fingerprint density at radius 2 is 2.00 bits per heavy atom. The molecule has 0 aromatic rings. The van der Waals surface area contributed by atoms with Gasteiger partial charge in [-0.15, -0.1) is 0 Å². The summed E-state index contributed by atoms with van der Waals surface area (Å²) in [5.41, 5.74) is 0.499. The first-order chi connectivity index (χ1) is 6.07. The van der Waals surface area contributed by atoms with Crippen LogP contribution in [0.4, 0.5) is 0 Å². The highest BCUT2D eigenvalue weighted by atomic mass is 16.3. The highest BCUT2D eigenvalue weighted by Crippen LogP contribution is 2.34. The van der Waals surface area contributed by atoms with Crippen molar-refractivity contribution in [2.45, 2.75) is 51.7 Å². The molecular weight excluding hydrogens is 162 g/mol. The Labute approximate surface area is 80.9 Å². The topological polar surface area (TPSA) is 23.5 Å². The first-order valence-electron chi connectivity index (χ1n) is 5.49. The number of nitrogens with zero attached hydrogens (tertiary/aromatic N) is 1. The van der Waals surface area contributed by atoms with Gasteiger partial charge in [0, 0.05) is 12.6 Å². The second-order valence-electron chi connectivity index (χ2n) is 5.52. The van der Waals surface area contributed by atoms with E-state index in [1.165, 1.54) is 25.9 Å². The second-order valence-corrected chi connectivity index (χ2v) is 5.52. The summed E-state index contributed by atoms with van der Waals surface area (Å²) in [5.74, 6) is 0. The fourth-order valence-corrected chi connectivity index (χ4v) is 2.64. The van der Waals surface area contributed by atoms with Crippen molar-refractivity contribution in [2.75, 3.05) is 13.1 Å². The molecular formula is C11H21NO. The summed E-state index contributed by atoms with van der Waals surface area (Å²) in [5, 5.41) is 9.25. The Bertz CT molecular complexity index is 185. The van der Waals surface area contributed by atoms with E-state index in [-0.39, 0.29) is 6.10 Å². The second kappa shape index (κ2) is 3.25. The van der Waals surface area contributed by atoms with Crippen LogP contribution in [-0.2, 0) is 0 Å². The summed E-state index contributed by atoms with van der Waals surface area (Å²) >= 11 is 0. The monoisotopic (exact) mass is 183 g/mol. The maximum absolute atomic E-state index is 9.25. The summed E-state index contributed by atoms with van der Waals surface area (Å²) in [6.45, 7) is 7.19. The quantitative estimate of drug-likeness (QED) is 0.668. The molecule has 1 aliphatic heterocycles. The third-order valence-corrected chi connectivity index (χ3v) is 3.53. The molecule has 0 aromatic heterocycles. The number of likely N-dealkylation sites (tertiary alicyclic amines) is 1. The number of aliphatic hydroxyl groups is 1. The normalized spacial score (nSPS) is 39.9. The maximum Gasteiger partial charge on any atom is 0.0570 e. The van der Waals surface area contributed by atoms with Gasteiger partial charge in [-0.2, -0.15) is 0 Å². The van der Waals surface area contributed by atoms with Gasteiger partial charge < -0.3 is 5.11 Å². The minimum absolute atomic E-state index is 0.00459. The number of hydrogen-bond acceptors (Lipinski definition) is 2. The van der Waals surface area contributed by atoms with Crippen LogP contribution in [0.3, 0.4) is 0 Å². The predicted molar refractivity (Wildman–Crippen MR) is 53.6 cm³/mol. The molecule has 0 unspecified atom stereocenters. The van der Waals surface area contributed by atoms with E-state index in [9.17, 15) is 5.11 Å². The van der Waals surface area contributed by atoms with E-state index >= 15 is 0 Å². The molecule has 0 amide bonds. The van der Waals surface area contributed by atoms with E-state index in [1.54, 1.807) is 0 Å². The van der Waals surface area contributed by atoms with E-state index in [4.69, 9.17) is 0 Å². The van der Waals surface area contributed by atoms with Crippen LogP contribution in [0.25, 0.3) is 0 Å². The standard InChI is InChI=1S/C11H21NO/c1-11(2)4-3-5-12(8-11)9-6-10(13)7-9/h9-10,13H,3-8H2,1-2H3. The molecule has 1 heterocycles. The summed E-state index contributed by atoms with van der Waals surface area (Å²) in [6, 6.07) is 0.689. The van der Waals surface area contributed by atoms with Crippen molar-refractivity contribution in [3.8, 4) is 0 Å². The molecule has 2 heteroatoms. The molecule has 1 N–H and O–H groups in total. The number of hydrogen-bond donors (Lipinski definition) is 1. The van der Waals surface area contributed by atoms with Crippen molar-refractivity contribution >= 4 is 0 Å². The lowest BCUT2D eigenvalue weighted by Gasteiger charge is -2.47. The Balaban J connectivity index is 1.86. The summed E-state index contributed by atoms with van der Waals surface area (Å²) in [7, 11) is 0. The lowest BCUT2D eigenvalue weighted by atomic mass is 9.80. The number of aliphatic hydroxyl groups excluding tert-OH is 1. The van der Waals surface area contributed by atoms with E-state index in [0.717, 1.165) is 12.8 Å². The van der Waals surface area contributed by atoms with Crippen molar-refractivity contribution in [3.63, 3.8) is 0 Å². The molecule has 2 aliphatic rings. The van der Waals surface area contributed by atoms with Crippen LogP contribution >= 0.6 is 0 Å². The summed E-state index contributed by atoms with van der Waals surface area (Å²) in [6.07, 6.45) is 4.71. The van der Waals surface area contributed by atoms with Crippen molar-refractivity contribution < 1.29 is 5.11 Å². The first-order valence-corrected chi connectivity index (χ1v) is 5.49. The van der Waals surface area contributed by atoms with Crippen LogP contribution in [0.5, 0.6) is 0 Å². The van der Waals surface area contributed by atoms with Gasteiger partial charge in [-0.3, -0.25) is 4.90 Å². The molecule has 13 heavy (non-hydrogen) atoms. The number of piperidine rings is 1.